The zero-order valence-electron chi connectivity index (χ0n) is 15.5. The number of hydrogen-bond acceptors (Lipinski definition) is 3. The number of carbonyl (C=O) groups excluding carboxylic acids is 2. The molecule has 0 bridgehead atoms. The van der Waals surface area contributed by atoms with Gasteiger partial charge in [0.05, 0.1) is 5.69 Å². The van der Waals surface area contributed by atoms with E-state index in [1.807, 2.05) is 6.92 Å². The quantitative estimate of drug-likeness (QED) is 0.805. The van der Waals surface area contributed by atoms with Crippen LogP contribution in [0, 0.1) is 0 Å². The summed E-state index contributed by atoms with van der Waals surface area (Å²) >= 11 is 0. The molecule has 1 heterocycles. The van der Waals surface area contributed by atoms with E-state index in [1.54, 1.807) is 30.0 Å². The molecule has 0 saturated heterocycles. The molecule has 6 nitrogen and oxygen atoms in total. The lowest BCUT2D eigenvalue weighted by atomic mass is 9.96. The molecular formula is C20H27N3O3. The molecule has 1 aromatic rings. The summed E-state index contributed by atoms with van der Waals surface area (Å²) in [5.41, 5.74) is 2.25. The van der Waals surface area contributed by atoms with Gasteiger partial charge in [0, 0.05) is 24.3 Å². The maximum absolute atomic E-state index is 12.4. The van der Waals surface area contributed by atoms with Gasteiger partial charge in [0.2, 0.25) is 0 Å². The van der Waals surface area contributed by atoms with Gasteiger partial charge in [0.25, 0.3) is 5.91 Å². The van der Waals surface area contributed by atoms with Gasteiger partial charge in [0.15, 0.2) is 6.10 Å². The first kappa shape index (κ1) is 18.3. The van der Waals surface area contributed by atoms with Gasteiger partial charge in [-0.05, 0) is 38.8 Å². The lowest BCUT2D eigenvalue weighted by Crippen LogP contribution is -2.45. The maximum atomic E-state index is 12.4. The maximum Gasteiger partial charge on any atom is 0.319 e. The second-order valence-corrected chi connectivity index (χ2v) is 7.26. The van der Waals surface area contributed by atoms with E-state index < -0.39 is 6.10 Å². The van der Waals surface area contributed by atoms with E-state index in [0.717, 1.165) is 18.4 Å². The molecule has 1 unspecified atom stereocenters. The standard InChI is InChI=1S/C20H27N3O3/c1-13(2)12-23-17-10-9-16(11-18(17)26-14(3)19(23)24)22-20(25)21-15-7-5-4-6-8-15/h9-11,14-15H,1,4-8,12H2,2-3H3,(H2,21,22,25). The van der Waals surface area contributed by atoms with Crippen molar-refractivity contribution in [3.05, 3.63) is 30.4 Å². The molecule has 0 aromatic heterocycles. The predicted molar refractivity (Wildman–Crippen MR) is 103 cm³/mol. The van der Waals surface area contributed by atoms with E-state index in [1.165, 1.54) is 19.3 Å². The van der Waals surface area contributed by atoms with Crippen LogP contribution < -0.4 is 20.3 Å². The van der Waals surface area contributed by atoms with Gasteiger partial charge in [-0.15, -0.1) is 0 Å². The fourth-order valence-electron chi connectivity index (χ4n) is 3.52. The van der Waals surface area contributed by atoms with Crippen LogP contribution >= 0.6 is 0 Å². The van der Waals surface area contributed by atoms with Crippen molar-refractivity contribution in [1.29, 1.82) is 0 Å². The van der Waals surface area contributed by atoms with Gasteiger partial charge in [0.1, 0.15) is 5.75 Å². The number of fused-ring (bicyclic) bond motifs is 1. The van der Waals surface area contributed by atoms with Gasteiger partial charge in [-0.3, -0.25) is 4.79 Å². The van der Waals surface area contributed by atoms with Crippen LogP contribution in [0.3, 0.4) is 0 Å². The fourth-order valence-corrected chi connectivity index (χ4v) is 3.52. The van der Waals surface area contributed by atoms with Crippen molar-refractivity contribution in [3.63, 3.8) is 0 Å². The molecule has 1 fully saturated rings. The molecule has 0 spiro atoms. The SMILES string of the molecule is C=C(C)CN1C(=O)C(C)Oc2cc(NC(=O)NC3CCCCC3)ccc21. The summed E-state index contributed by atoms with van der Waals surface area (Å²) in [5.74, 6) is 0.505. The first-order valence-corrected chi connectivity index (χ1v) is 9.28. The summed E-state index contributed by atoms with van der Waals surface area (Å²) in [4.78, 5) is 26.3. The molecule has 1 saturated carbocycles. The Balaban J connectivity index is 1.71. The Morgan fingerprint density at radius 2 is 2.04 bits per heavy atom. The molecule has 26 heavy (non-hydrogen) atoms. The van der Waals surface area contributed by atoms with E-state index in [9.17, 15) is 9.59 Å². The van der Waals surface area contributed by atoms with E-state index in [-0.39, 0.29) is 18.0 Å². The molecule has 1 aliphatic heterocycles. The number of amides is 3. The van der Waals surface area contributed by atoms with Crippen LogP contribution in [-0.2, 0) is 4.79 Å². The molecule has 1 atom stereocenters. The summed E-state index contributed by atoms with van der Waals surface area (Å²) < 4.78 is 5.74. The zero-order valence-corrected chi connectivity index (χ0v) is 15.5. The van der Waals surface area contributed by atoms with E-state index >= 15 is 0 Å². The Kier molecular flexibility index (Phi) is 5.49. The Morgan fingerprint density at radius 1 is 1.31 bits per heavy atom. The highest BCUT2D eigenvalue weighted by Gasteiger charge is 2.31. The molecular weight excluding hydrogens is 330 g/mol. The Labute approximate surface area is 154 Å². The molecule has 3 rings (SSSR count). The van der Waals surface area contributed by atoms with Crippen LogP contribution in [-0.4, -0.2) is 30.6 Å². The average molecular weight is 357 g/mol. The van der Waals surface area contributed by atoms with Crippen molar-refractivity contribution in [2.45, 2.75) is 58.1 Å². The number of nitrogens with one attached hydrogen (secondary N) is 2. The summed E-state index contributed by atoms with van der Waals surface area (Å²) in [6.07, 6.45) is 5.10. The van der Waals surface area contributed by atoms with E-state index in [4.69, 9.17) is 4.74 Å². The third-order valence-corrected chi connectivity index (χ3v) is 4.79. The summed E-state index contributed by atoms with van der Waals surface area (Å²) in [6, 6.07) is 5.41. The minimum atomic E-state index is -0.562. The predicted octanol–water partition coefficient (Wildman–Crippen LogP) is 3.83. The largest absolute Gasteiger partial charge is 0.479 e. The van der Waals surface area contributed by atoms with Gasteiger partial charge >= 0.3 is 6.03 Å². The summed E-state index contributed by atoms with van der Waals surface area (Å²) in [7, 11) is 0. The number of nitrogens with zero attached hydrogens (tertiary/aromatic N) is 1. The van der Waals surface area contributed by atoms with Crippen molar-refractivity contribution < 1.29 is 14.3 Å². The van der Waals surface area contributed by atoms with Gasteiger partial charge in [-0.1, -0.05) is 31.4 Å². The van der Waals surface area contributed by atoms with Crippen molar-refractivity contribution in [2.24, 2.45) is 0 Å². The van der Waals surface area contributed by atoms with Crippen LogP contribution in [0.2, 0.25) is 0 Å². The monoisotopic (exact) mass is 357 g/mol. The highest BCUT2D eigenvalue weighted by atomic mass is 16.5. The first-order valence-electron chi connectivity index (χ1n) is 9.28. The smallest absolute Gasteiger partial charge is 0.319 e. The van der Waals surface area contributed by atoms with Gasteiger partial charge in [-0.25, -0.2) is 4.79 Å². The number of ether oxygens (including phenoxy) is 1. The van der Waals surface area contributed by atoms with E-state index in [2.05, 4.69) is 17.2 Å². The molecule has 6 heteroatoms. The Morgan fingerprint density at radius 3 is 2.73 bits per heavy atom. The summed E-state index contributed by atoms with van der Waals surface area (Å²) in [6.45, 7) is 7.96. The molecule has 1 aromatic carbocycles. The first-order chi connectivity index (χ1) is 12.4. The van der Waals surface area contributed by atoms with Gasteiger partial charge < -0.3 is 20.3 Å². The number of urea groups is 1. The molecule has 1 aliphatic carbocycles. The normalized spacial score (nSPS) is 20.2. The summed E-state index contributed by atoms with van der Waals surface area (Å²) in [5, 5.41) is 5.90. The molecule has 0 radical (unpaired) electrons. The van der Waals surface area contributed by atoms with Crippen molar-refractivity contribution in [2.75, 3.05) is 16.8 Å². The highest BCUT2D eigenvalue weighted by Crippen LogP contribution is 2.36. The average Bonchev–Trinajstić information content (AvgIpc) is 2.59. The zero-order chi connectivity index (χ0) is 18.7. The topological polar surface area (TPSA) is 70.7 Å². The van der Waals surface area contributed by atoms with Crippen LogP contribution in [0.5, 0.6) is 5.75 Å². The van der Waals surface area contributed by atoms with Crippen LogP contribution in [0.4, 0.5) is 16.2 Å². The van der Waals surface area contributed by atoms with Gasteiger partial charge in [-0.2, -0.15) is 0 Å². The lowest BCUT2D eigenvalue weighted by molar-refractivity contribution is -0.125. The molecule has 2 N–H and O–H groups in total. The molecule has 3 amide bonds. The number of rotatable bonds is 4. The van der Waals surface area contributed by atoms with E-state index in [0.29, 0.717) is 23.7 Å². The number of anilines is 2. The van der Waals surface area contributed by atoms with Crippen LogP contribution in [0.25, 0.3) is 0 Å². The van der Waals surface area contributed by atoms with Crippen LogP contribution in [0.1, 0.15) is 46.0 Å². The lowest BCUT2D eigenvalue weighted by Gasteiger charge is -2.33. The number of benzene rings is 1. The number of hydrogen-bond donors (Lipinski definition) is 2. The van der Waals surface area contributed by atoms with Crippen molar-refractivity contribution in [1.82, 2.24) is 5.32 Å². The van der Waals surface area contributed by atoms with Crippen LogP contribution in [0.15, 0.2) is 30.4 Å². The molecule has 140 valence electrons. The second kappa shape index (κ2) is 7.81. The highest BCUT2D eigenvalue weighted by molar-refractivity contribution is 6.01. The third-order valence-electron chi connectivity index (χ3n) is 4.79. The fraction of sp³-hybridized carbons (Fsp3) is 0.500. The second-order valence-electron chi connectivity index (χ2n) is 7.26. The Bertz CT molecular complexity index is 710. The van der Waals surface area contributed by atoms with Crippen molar-refractivity contribution in [3.8, 4) is 5.75 Å². The molecule has 2 aliphatic rings. The number of carbonyl (C=O) groups is 2. The minimum Gasteiger partial charge on any atom is -0.479 e. The minimum absolute atomic E-state index is 0.0868. The third kappa shape index (κ3) is 4.18. The van der Waals surface area contributed by atoms with Crippen molar-refractivity contribution >= 4 is 23.3 Å². The Hall–Kier alpha value is -2.50.